The van der Waals surface area contributed by atoms with Gasteiger partial charge < -0.3 is 19.9 Å². The van der Waals surface area contributed by atoms with Gasteiger partial charge in [-0.05, 0) is 6.07 Å². The molecule has 1 aliphatic rings. The van der Waals surface area contributed by atoms with Crippen LogP contribution in [0.4, 0.5) is 0 Å². The molecule has 1 atom stereocenters. The number of nitrogens with two attached hydrogens (primary N) is 1. The Morgan fingerprint density at radius 3 is 2.58 bits per heavy atom. The molecule has 5 heteroatoms. The third-order valence-corrected chi connectivity index (χ3v) is 3.51. The Labute approximate surface area is 114 Å². The summed E-state index contributed by atoms with van der Waals surface area (Å²) in [6.07, 6.45) is 0. The molecule has 0 amide bonds. The maximum Gasteiger partial charge on any atom is 0.127 e. The highest BCUT2D eigenvalue weighted by molar-refractivity contribution is 5.42. The Hall–Kier alpha value is -1.30. The van der Waals surface area contributed by atoms with Crippen LogP contribution in [0.2, 0.25) is 0 Å². The Morgan fingerprint density at radius 2 is 2.00 bits per heavy atom. The van der Waals surface area contributed by atoms with Gasteiger partial charge in [0.05, 0.1) is 33.5 Å². The van der Waals surface area contributed by atoms with Crippen molar-refractivity contribution in [3.63, 3.8) is 0 Å². The van der Waals surface area contributed by atoms with E-state index in [1.165, 1.54) is 0 Å². The van der Waals surface area contributed by atoms with Crippen molar-refractivity contribution in [1.29, 1.82) is 0 Å². The van der Waals surface area contributed by atoms with Gasteiger partial charge in [0.1, 0.15) is 11.5 Å². The molecule has 0 bridgehead atoms. The molecule has 1 saturated heterocycles. The maximum atomic E-state index is 5.96. The monoisotopic (exact) mass is 266 g/mol. The van der Waals surface area contributed by atoms with Crippen molar-refractivity contribution in [2.45, 2.75) is 6.04 Å². The minimum absolute atomic E-state index is 0.157. The number of hydrogen-bond acceptors (Lipinski definition) is 5. The normalized spacial score (nSPS) is 18.1. The van der Waals surface area contributed by atoms with Gasteiger partial charge in [0, 0.05) is 31.3 Å². The zero-order valence-corrected chi connectivity index (χ0v) is 11.6. The second kappa shape index (κ2) is 6.75. The van der Waals surface area contributed by atoms with Crippen molar-refractivity contribution < 1.29 is 14.2 Å². The topological polar surface area (TPSA) is 57.0 Å². The molecule has 0 spiro atoms. The molecular formula is C14H22N2O3. The third kappa shape index (κ3) is 3.18. The van der Waals surface area contributed by atoms with E-state index in [1.54, 1.807) is 14.2 Å². The van der Waals surface area contributed by atoms with E-state index in [0.29, 0.717) is 6.54 Å². The van der Waals surface area contributed by atoms with Crippen molar-refractivity contribution in [2.24, 2.45) is 5.73 Å². The first-order valence-corrected chi connectivity index (χ1v) is 6.54. The van der Waals surface area contributed by atoms with Gasteiger partial charge in [-0.3, -0.25) is 4.90 Å². The van der Waals surface area contributed by atoms with Gasteiger partial charge in [-0.2, -0.15) is 0 Å². The fourth-order valence-corrected chi connectivity index (χ4v) is 2.46. The first-order valence-electron chi connectivity index (χ1n) is 6.54. The van der Waals surface area contributed by atoms with Gasteiger partial charge in [0.25, 0.3) is 0 Å². The maximum absolute atomic E-state index is 5.96. The molecule has 1 aromatic carbocycles. The SMILES string of the molecule is COc1ccc(C(CN)N2CCOCC2)c(OC)c1. The molecule has 2 rings (SSSR count). The quantitative estimate of drug-likeness (QED) is 0.863. The second-order valence-electron chi connectivity index (χ2n) is 4.51. The first-order chi connectivity index (χ1) is 9.30. The summed E-state index contributed by atoms with van der Waals surface area (Å²) in [7, 11) is 3.32. The molecule has 1 fully saturated rings. The summed E-state index contributed by atoms with van der Waals surface area (Å²) in [6, 6.07) is 6.04. The van der Waals surface area contributed by atoms with Crippen LogP contribution in [0.15, 0.2) is 18.2 Å². The highest BCUT2D eigenvalue weighted by atomic mass is 16.5. The molecule has 2 N–H and O–H groups in total. The molecule has 1 aliphatic heterocycles. The van der Waals surface area contributed by atoms with Crippen LogP contribution in [0.3, 0.4) is 0 Å². The molecule has 1 heterocycles. The van der Waals surface area contributed by atoms with Gasteiger partial charge in [0.15, 0.2) is 0 Å². The van der Waals surface area contributed by atoms with Crippen LogP contribution in [-0.4, -0.2) is 52.0 Å². The van der Waals surface area contributed by atoms with E-state index in [4.69, 9.17) is 19.9 Å². The minimum atomic E-state index is 0.157. The van der Waals surface area contributed by atoms with Gasteiger partial charge in [0.2, 0.25) is 0 Å². The van der Waals surface area contributed by atoms with Crippen LogP contribution >= 0.6 is 0 Å². The smallest absolute Gasteiger partial charge is 0.127 e. The van der Waals surface area contributed by atoms with Crippen molar-refractivity contribution >= 4 is 0 Å². The molecule has 0 aliphatic carbocycles. The van der Waals surface area contributed by atoms with Crippen LogP contribution in [0.1, 0.15) is 11.6 Å². The highest BCUT2D eigenvalue weighted by Crippen LogP contribution is 2.32. The minimum Gasteiger partial charge on any atom is -0.497 e. The number of methoxy groups -OCH3 is 2. The number of benzene rings is 1. The van der Waals surface area contributed by atoms with Crippen LogP contribution in [0.25, 0.3) is 0 Å². The lowest BCUT2D eigenvalue weighted by Gasteiger charge is -2.34. The average molecular weight is 266 g/mol. The Balaban J connectivity index is 2.26. The Kier molecular flexibility index (Phi) is 5.01. The van der Waals surface area contributed by atoms with E-state index in [1.807, 2.05) is 18.2 Å². The van der Waals surface area contributed by atoms with Crippen LogP contribution in [0.5, 0.6) is 11.5 Å². The predicted molar refractivity (Wildman–Crippen MR) is 73.7 cm³/mol. The summed E-state index contributed by atoms with van der Waals surface area (Å²) in [5.74, 6) is 1.61. The summed E-state index contributed by atoms with van der Waals surface area (Å²) in [4.78, 5) is 2.34. The van der Waals surface area contributed by atoms with E-state index < -0.39 is 0 Å². The Bertz CT molecular complexity index is 406. The predicted octanol–water partition coefficient (Wildman–Crippen LogP) is 1.04. The molecule has 0 aromatic heterocycles. The lowest BCUT2D eigenvalue weighted by Crippen LogP contribution is -2.41. The molecular weight excluding hydrogens is 244 g/mol. The second-order valence-corrected chi connectivity index (χ2v) is 4.51. The van der Waals surface area contributed by atoms with E-state index in [-0.39, 0.29) is 6.04 Å². The number of rotatable bonds is 5. The van der Waals surface area contributed by atoms with Crippen molar-refractivity contribution in [3.05, 3.63) is 23.8 Å². The number of nitrogens with zero attached hydrogens (tertiary/aromatic N) is 1. The first kappa shape index (κ1) is 14.1. The van der Waals surface area contributed by atoms with Gasteiger partial charge in [-0.1, -0.05) is 6.07 Å². The zero-order valence-electron chi connectivity index (χ0n) is 11.6. The van der Waals surface area contributed by atoms with Crippen LogP contribution in [0, 0.1) is 0 Å². The fourth-order valence-electron chi connectivity index (χ4n) is 2.46. The lowest BCUT2D eigenvalue weighted by molar-refractivity contribution is 0.0174. The van der Waals surface area contributed by atoms with Gasteiger partial charge in [-0.15, -0.1) is 0 Å². The van der Waals surface area contributed by atoms with Crippen molar-refractivity contribution in [1.82, 2.24) is 4.90 Å². The van der Waals surface area contributed by atoms with Gasteiger partial charge >= 0.3 is 0 Å². The average Bonchev–Trinajstić information content (AvgIpc) is 2.49. The highest BCUT2D eigenvalue weighted by Gasteiger charge is 2.24. The molecule has 1 unspecified atom stereocenters. The third-order valence-electron chi connectivity index (χ3n) is 3.51. The van der Waals surface area contributed by atoms with Crippen LogP contribution in [-0.2, 0) is 4.74 Å². The van der Waals surface area contributed by atoms with Crippen molar-refractivity contribution in [2.75, 3.05) is 47.1 Å². The largest absolute Gasteiger partial charge is 0.497 e. The summed E-state index contributed by atoms with van der Waals surface area (Å²) in [6.45, 7) is 3.88. The molecule has 0 saturated carbocycles. The van der Waals surface area contributed by atoms with E-state index in [0.717, 1.165) is 43.4 Å². The number of morpholine rings is 1. The van der Waals surface area contributed by atoms with E-state index >= 15 is 0 Å². The van der Waals surface area contributed by atoms with Gasteiger partial charge in [-0.25, -0.2) is 0 Å². The zero-order chi connectivity index (χ0) is 13.7. The number of ether oxygens (including phenoxy) is 3. The molecule has 0 radical (unpaired) electrons. The lowest BCUT2D eigenvalue weighted by atomic mass is 10.0. The molecule has 19 heavy (non-hydrogen) atoms. The Morgan fingerprint density at radius 1 is 1.26 bits per heavy atom. The molecule has 5 nitrogen and oxygen atoms in total. The van der Waals surface area contributed by atoms with E-state index in [2.05, 4.69) is 4.90 Å². The summed E-state index contributed by atoms with van der Waals surface area (Å²) >= 11 is 0. The summed E-state index contributed by atoms with van der Waals surface area (Å²) in [5.41, 5.74) is 7.06. The molecule has 106 valence electrons. The fraction of sp³-hybridized carbons (Fsp3) is 0.571. The summed E-state index contributed by atoms with van der Waals surface area (Å²) in [5, 5.41) is 0. The van der Waals surface area contributed by atoms with E-state index in [9.17, 15) is 0 Å². The number of hydrogen-bond donors (Lipinski definition) is 1. The summed E-state index contributed by atoms with van der Waals surface area (Å²) < 4.78 is 16.1. The standard InChI is InChI=1S/C14H22N2O3/c1-17-11-3-4-12(14(9-11)18-2)13(10-15)16-5-7-19-8-6-16/h3-4,9,13H,5-8,10,15H2,1-2H3. The van der Waals surface area contributed by atoms with Crippen LogP contribution < -0.4 is 15.2 Å². The molecule has 1 aromatic rings. The van der Waals surface area contributed by atoms with Crippen molar-refractivity contribution in [3.8, 4) is 11.5 Å².